The van der Waals surface area contributed by atoms with E-state index in [-0.39, 0.29) is 0 Å². The summed E-state index contributed by atoms with van der Waals surface area (Å²) < 4.78 is 0. The molecule has 0 aromatic carbocycles. The van der Waals surface area contributed by atoms with Gasteiger partial charge in [-0.15, -0.1) is 0 Å². The molecule has 1 heteroatoms. The summed E-state index contributed by atoms with van der Waals surface area (Å²) in [6, 6.07) is 0. The molecule has 0 unspecified atom stereocenters. The van der Waals surface area contributed by atoms with Crippen LogP contribution in [0.4, 0.5) is 0 Å². The molecule has 0 spiro atoms. The maximum atomic E-state index is 3.55. The van der Waals surface area contributed by atoms with Gasteiger partial charge in [-0.1, -0.05) is 91.4 Å². The Hall–Kier alpha value is -0.0400. The van der Waals surface area contributed by atoms with Gasteiger partial charge in [-0.3, -0.25) is 0 Å². The first-order chi connectivity index (χ1) is 9.77. The van der Waals surface area contributed by atoms with Gasteiger partial charge < -0.3 is 5.32 Å². The molecule has 0 fully saturated rings. The summed E-state index contributed by atoms with van der Waals surface area (Å²) in [7, 11) is 0. The fourth-order valence-corrected chi connectivity index (χ4v) is 2.61. The van der Waals surface area contributed by atoms with E-state index in [9.17, 15) is 0 Å². The van der Waals surface area contributed by atoms with E-state index in [1.165, 1.54) is 96.6 Å². The molecule has 0 amide bonds. The molecule has 0 aromatic heterocycles. The Bertz CT molecular complexity index is 165. The number of hydrogen-bond donors (Lipinski definition) is 1. The first-order valence-electron chi connectivity index (χ1n) is 9.48. The van der Waals surface area contributed by atoms with Gasteiger partial charge in [-0.2, -0.15) is 0 Å². The Kier molecular flexibility index (Phi) is 17.0. The first-order valence-corrected chi connectivity index (χ1v) is 9.48. The van der Waals surface area contributed by atoms with Gasteiger partial charge in [0.1, 0.15) is 0 Å². The summed E-state index contributed by atoms with van der Waals surface area (Å²) in [5.74, 6) is 0.837. The summed E-state index contributed by atoms with van der Waals surface area (Å²) in [5.41, 5.74) is 0. The minimum Gasteiger partial charge on any atom is -0.317 e. The van der Waals surface area contributed by atoms with Crippen LogP contribution < -0.4 is 5.32 Å². The van der Waals surface area contributed by atoms with Crippen LogP contribution in [0.5, 0.6) is 0 Å². The van der Waals surface area contributed by atoms with Crippen molar-refractivity contribution < 1.29 is 0 Å². The molecule has 0 aliphatic carbocycles. The largest absolute Gasteiger partial charge is 0.317 e. The minimum absolute atomic E-state index is 0.837. The molecule has 0 saturated carbocycles. The normalized spacial score (nSPS) is 11.4. The van der Waals surface area contributed by atoms with E-state index in [4.69, 9.17) is 0 Å². The smallest absolute Gasteiger partial charge is 0.00465 e. The molecule has 0 atom stereocenters. The molecule has 0 heterocycles. The number of nitrogens with one attached hydrogen (secondary N) is 1. The van der Waals surface area contributed by atoms with E-state index in [0.717, 1.165) is 5.92 Å². The molecule has 0 aliphatic heterocycles. The van der Waals surface area contributed by atoms with Crippen molar-refractivity contribution in [2.45, 2.75) is 104 Å². The Morgan fingerprint density at radius 2 is 1.05 bits per heavy atom. The van der Waals surface area contributed by atoms with Crippen LogP contribution in [0.3, 0.4) is 0 Å². The molecule has 0 radical (unpaired) electrons. The van der Waals surface area contributed by atoms with Gasteiger partial charge in [0.15, 0.2) is 0 Å². The molecular formula is C19H41N. The average Bonchev–Trinajstić information content (AvgIpc) is 2.43. The van der Waals surface area contributed by atoms with Gasteiger partial charge in [0.05, 0.1) is 0 Å². The molecule has 0 rings (SSSR count). The second-order valence-corrected chi connectivity index (χ2v) is 6.82. The van der Waals surface area contributed by atoms with Crippen LogP contribution in [0.2, 0.25) is 0 Å². The van der Waals surface area contributed by atoms with E-state index >= 15 is 0 Å². The lowest BCUT2D eigenvalue weighted by molar-refractivity contribution is 0.512. The van der Waals surface area contributed by atoms with Crippen molar-refractivity contribution in [3.05, 3.63) is 0 Å². The molecule has 1 N–H and O–H groups in total. The molecule has 122 valence electrons. The van der Waals surface area contributed by atoms with Crippen LogP contribution in [0, 0.1) is 5.92 Å². The van der Waals surface area contributed by atoms with Gasteiger partial charge in [-0.05, 0) is 31.8 Å². The molecule has 20 heavy (non-hydrogen) atoms. The maximum Gasteiger partial charge on any atom is -0.00465 e. The van der Waals surface area contributed by atoms with E-state index < -0.39 is 0 Å². The van der Waals surface area contributed by atoms with Crippen molar-refractivity contribution >= 4 is 0 Å². The van der Waals surface area contributed by atoms with E-state index in [0.29, 0.717) is 0 Å². The average molecular weight is 284 g/mol. The highest BCUT2D eigenvalue weighted by Crippen LogP contribution is 2.11. The Morgan fingerprint density at radius 3 is 1.50 bits per heavy atom. The highest BCUT2D eigenvalue weighted by molar-refractivity contribution is 4.53. The molecule has 0 bridgehead atoms. The standard InChI is InChI=1S/C19H41N/c1-4-5-6-7-8-9-10-11-12-13-14-15-17-20-18-16-19(2)3/h19-20H,4-18H2,1-3H3. The predicted molar refractivity (Wildman–Crippen MR) is 93.4 cm³/mol. The SMILES string of the molecule is CCCCCCCCCCCCCCNCCC(C)C. The zero-order valence-corrected chi connectivity index (χ0v) is 14.7. The lowest BCUT2D eigenvalue weighted by atomic mass is 10.1. The maximum absolute atomic E-state index is 3.55. The summed E-state index contributed by atoms with van der Waals surface area (Å²) >= 11 is 0. The molecule has 1 nitrogen and oxygen atoms in total. The van der Waals surface area contributed by atoms with Crippen molar-refractivity contribution in [1.29, 1.82) is 0 Å². The van der Waals surface area contributed by atoms with Crippen LogP contribution in [0.25, 0.3) is 0 Å². The second kappa shape index (κ2) is 17.0. The summed E-state index contributed by atoms with van der Waals surface area (Å²) in [5, 5.41) is 3.55. The van der Waals surface area contributed by atoms with Gasteiger partial charge in [0.2, 0.25) is 0 Å². The molecular weight excluding hydrogens is 242 g/mol. The van der Waals surface area contributed by atoms with Gasteiger partial charge in [0, 0.05) is 0 Å². The van der Waals surface area contributed by atoms with E-state index in [1.54, 1.807) is 0 Å². The van der Waals surface area contributed by atoms with Crippen molar-refractivity contribution in [2.24, 2.45) is 5.92 Å². The topological polar surface area (TPSA) is 12.0 Å². The molecule has 0 aromatic rings. The lowest BCUT2D eigenvalue weighted by Gasteiger charge is -2.06. The second-order valence-electron chi connectivity index (χ2n) is 6.82. The zero-order valence-electron chi connectivity index (χ0n) is 14.7. The third-order valence-electron chi connectivity index (χ3n) is 4.11. The van der Waals surface area contributed by atoms with Crippen LogP contribution in [-0.2, 0) is 0 Å². The highest BCUT2D eigenvalue weighted by atomic mass is 14.8. The van der Waals surface area contributed by atoms with Crippen LogP contribution >= 0.6 is 0 Å². The third kappa shape index (κ3) is 18.0. The monoisotopic (exact) mass is 283 g/mol. The summed E-state index contributed by atoms with van der Waals surface area (Å²) in [4.78, 5) is 0. The Labute approximate surface area is 129 Å². The highest BCUT2D eigenvalue weighted by Gasteiger charge is 1.95. The van der Waals surface area contributed by atoms with Crippen LogP contribution in [0.15, 0.2) is 0 Å². The minimum atomic E-state index is 0.837. The van der Waals surface area contributed by atoms with Crippen molar-refractivity contribution in [3.8, 4) is 0 Å². The summed E-state index contributed by atoms with van der Waals surface area (Å²) in [6.45, 7) is 9.32. The summed E-state index contributed by atoms with van der Waals surface area (Å²) in [6.07, 6.45) is 18.6. The van der Waals surface area contributed by atoms with Crippen molar-refractivity contribution in [1.82, 2.24) is 5.32 Å². The quantitative estimate of drug-likeness (QED) is 0.327. The fourth-order valence-electron chi connectivity index (χ4n) is 2.61. The first kappa shape index (κ1) is 20.0. The fraction of sp³-hybridized carbons (Fsp3) is 1.00. The van der Waals surface area contributed by atoms with Crippen molar-refractivity contribution in [3.63, 3.8) is 0 Å². The van der Waals surface area contributed by atoms with Gasteiger partial charge in [0.25, 0.3) is 0 Å². The third-order valence-corrected chi connectivity index (χ3v) is 4.11. The Morgan fingerprint density at radius 1 is 0.600 bits per heavy atom. The van der Waals surface area contributed by atoms with E-state index in [1.807, 2.05) is 0 Å². The van der Waals surface area contributed by atoms with Crippen LogP contribution in [0.1, 0.15) is 104 Å². The van der Waals surface area contributed by atoms with Crippen LogP contribution in [-0.4, -0.2) is 13.1 Å². The Balaban J connectivity index is 2.92. The molecule has 0 aliphatic rings. The number of unbranched alkanes of at least 4 members (excludes halogenated alkanes) is 11. The van der Waals surface area contributed by atoms with E-state index in [2.05, 4.69) is 26.1 Å². The van der Waals surface area contributed by atoms with Gasteiger partial charge >= 0.3 is 0 Å². The molecule has 0 saturated heterocycles. The number of rotatable bonds is 16. The predicted octanol–water partition coefficient (Wildman–Crippen LogP) is 6.32. The van der Waals surface area contributed by atoms with Gasteiger partial charge in [-0.25, -0.2) is 0 Å². The zero-order chi connectivity index (χ0) is 14.9. The lowest BCUT2D eigenvalue weighted by Crippen LogP contribution is -2.17. The number of hydrogen-bond acceptors (Lipinski definition) is 1. The van der Waals surface area contributed by atoms with Crippen molar-refractivity contribution in [2.75, 3.05) is 13.1 Å².